The molecule has 9 aromatic rings. The Hall–Kier alpha value is -6.70. The Morgan fingerprint density at radius 1 is 0.358 bits per heavy atom. The summed E-state index contributed by atoms with van der Waals surface area (Å²) in [4.78, 5) is 2.47. The molecule has 0 radical (unpaired) electrons. The first-order valence-corrected chi connectivity index (χ1v) is 18.5. The standard InChI is InChI=1S/C52H37N/c1-52(38-23-10-4-11-24-38)46-30-17-16-29-44(46)51-47(52)31-18-32-48(51)53(39-25-12-5-13-26-39)40-33-34-42-41-27-14-15-28-43(41)49(36-19-6-2-7-20-36)50(45(42)35-40)37-21-8-3-9-22-37/h2-35H,1H3. The molecule has 250 valence electrons. The van der Waals surface area contributed by atoms with Crippen molar-refractivity contribution in [1.29, 1.82) is 0 Å². The molecule has 0 heterocycles. The maximum atomic E-state index is 2.47. The first-order chi connectivity index (χ1) is 26.2. The average Bonchev–Trinajstić information content (AvgIpc) is 3.51. The molecule has 1 heteroatoms. The fourth-order valence-electron chi connectivity index (χ4n) is 8.92. The minimum absolute atomic E-state index is 0.293. The molecule has 1 aliphatic carbocycles. The van der Waals surface area contributed by atoms with Crippen molar-refractivity contribution in [1.82, 2.24) is 0 Å². The molecule has 9 aromatic carbocycles. The van der Waals surface area contributed by atoms with E-state index in [1.807, 2.05) is 0 Å². The van der Waals surface area contributed by atoms with Gasteiger partial charge in [-0.2, -0.15) is 0 Å². The number of nitrogens with zero attached hydrogens (tertiary/aromatic N) is 1. The van der Waals surface area contributed by atoms with Crippen molar-refractivity contribution >= 4 is 38.6 Å². The van der Waals surface area contributed by atoms with Gasteiger partial charge >= 0.3 is 0 Å². The lowest BCUT2D eigenvalue weighted by Crippen LogP contribution is -2.22. The van der Waals surface area contributed by atoms with E-state index in [0.717, 1.165) is 11.4 Å². The van der Waals surface area contributed by atoms with Crippen molar-refractivity contribution in [3.63, 3.8) is 0 Å². The van der Waals surface area contributed by atoms with E-state index in [0.29, 0.717) is 0 Å². The lowest BCUT2D eigenvalue weighted by Gasteiger charge is -2.31. The zero-order chi connectivity index (χ0) is 35.4. The van der Waals surface area contributed by atoms with Crippen LogP contribution in [0.5, 0.6) is 0 Å². The highest BCUT2D eigenvalue weighted by Crippen LogP contribution is 2.57. The highest BCUT2D eigenvalue weighted by Gasteiger charge is 2.42. The van der Waals surface area contributed by atoms with Gasteiger partial charge in [-0.25, -0.2) is 0 Å². The molecular formula is C52H37N. The molecule has 10 rings (SSSR count). The lowest BCUT2D eigenvalue weighted by atomic mass is 9.74. The zero-order valence-corrected chi connectivity index (χ0v) is 29.6. The molecular weight excluding hydrogens is 639 g/mol. The van der Waals surface area contributed by atoms with Crippen LogP contribution in [0.25, 0.3) is 54.9 Å². The molecule has 0 fully saturated rings. The first-order valence-electron chi connectivity index (χ1n) is 18.5. The van der Waals surface area contributed by atoms with Crippen LogP contribution in [-0.4, -0.2) is 0 Å². The summed E-state index contributed by atoms with van der Waals surface area (Å²) in [5.41, 5.74) is 14.6. The summed E-state index contributed by atoms with van der Waals surface area (Å²) >= 11 is 0. The van der Waals surface area contributed by atoms with Crippen molar-refractivity contribution in [3.05, 3.63) is 223 Å². The van der Waals surface area contributed by atoms with Gasteiger partial charge < -0.3 is 4.90 Å². The zero-order valence-electron chi connectivity index (χ0n) is 29.6. The Morgan fingerprint density at radius 2 is 0.887 bits per heavy atom. The van der Waals surface area contributed by atoms with Crippen LogP contribution in [-0.2, 0) is 5.41 Å². The summed E-state index contributed by atoms with van der Waals surface area (Å²) in [7, 11) is 0. The van der Waals surface area contributed by atoms with E-state index >= 15 is 0 Å². The quantitative estimate of drug-likeness (QED) is 0.159. The molecule has 1 unspecified atom stereocenters. The van der Waals surface area contributed by atoms with Gasteiger partial charge in [0.2, 0.25) is 0 Å². The molecule has 0 bridgehead atoms. The molecule has 0 N–H and O–H groups in total. The van der Waals surface area contributed by atoms with Crippen molar-refractivity contribution < 1.29 is 0 Å². The van der Waals surface area contributed by atoms with Crippen molar-refractivity contribution in [2.75, 3.05) is 4.90 Å². The van der Waals surface area contributed by atoms with Crippen LogP contribution in [0.3, 0.4) is 0 Å². The largest absolute Gasteiger partial charge is 0.310 e. The number of benzene rings is 9. The third-order valence-electron chi connectivity index (χ3n) is 11.3. The van der Waals surface area contributed by atoms with E-state index in [1.54, 1.807) is 0 Å². The second-order valence-electron chi connectivity index (χ2n) is 14.2. The van der Waals surface area contributed by atoms with Gasteiger partial charge in [0.15, 0.2) is 0 Å². The minimum atomic E-state index is -0.293. The molecule has 0 aliphatic heterocycles. The monoisotopic (exact) mass is 675 g/mol. The Morgan fingerprint density at radius 3 is 1.58 bits per heavy atom. The molecule has 0 aromatic heterocycles. The molecule has 0 spiro atoms. The van der Waals surface area contributed by atoms with Gasteiger partial charge in [-0.3, -0.25) is 0 Å². The van der Waals surface area contributed by atoms with Crippen molar-refractivity contribution in [2.24, 2.45) is 0 Å². The van der Waals surface area contributed by atoms with Gasteiger partial charge in [-0.05, 0) is 103 Å². The number of hydrogen-bond acceptors (Lipinski definition) is 1. The second-order valence-corrected chi connectivity index (χ2v) is 14.2. The molecule has 0 saturated carbocycles. The maximum Gasteiger partial charge on any atom is 0.0543 e. The molecule has 0 amide bonds. The predicted octanol–water partition coefficient (Wildman–Crippen LogP) is 14.1. The van der Waals surface area contributed by atoms with Crippen LogP contribution in [0.15, 0.2) is 206 Å². The lowest BCUT2D eigenvalue weighted by molar-refractivity contribution is 0.714. The molecule has 1 nitrogen and oxygen atoms in total. The predicted molar refractivity (Wildman–Crippen MR) is 224 cm³/mol. The highest BCUT2D eigenvalue weighted by molar-refractivity contribution is 6.22. The molecule has 0 saturated heterocycles. The second kappa shape index (κ2) is 12.5. The van der Waals surface area contributed by atoms with E-state index in [4.69, 9.17) is 0 Å². The number of fused-ring (bicyclic) bond motifs is 6. The summed E-state index contributed by atoms with van der Waals surface area (Å²) in [6, 6.07) is 75.5. The summed E-state index contributed by atoms with van der Waals surface area (Å²) in [6.45, 7) is 2.39. The number of anilines is 3. The topological polar surface area (TPSA) is 3.24 Å². The SMILES string of the molecule is CC1(c2ccccc2)c2ccccc2-c2c(N(c3ccccc3)c3ccc4c(c3)c(-c3ccccc3)c(-c3ccccc3)c3ccccc34)cccc21. The normalized spacial score (nSPS) is 14.6. The van der Waals surface area contributed by atoms with Gasteiger partial charge in [0.05, 0.1) is 5.69 Å². The van der Waals surface area contributed by atoms with E-state index in [9.17, 15) is 0 Å². The van der Waals surface area contributed by atoms with Gasteiger partial charge in [0.25, 0.3) is 0 Å². The highest BCUT2D eigenvalue weighted by atomic mass is 15.1. The van der Waals surface area contributed by atoms with Gasteiger partial charge in [0, 0.05) is 22.4 Å². The third kappa shape index (κ3) is 4.85. The van der Waals surface area contributed by atoms with Gasteiger partial charge in [-0.15, -0.1) is 0 Å². The average molecular weight is 676 g/mol. The fourth-order valence-corrected chi connectivity index (χ4v) is 8.92. The van der Waals surface area contributed by atoms with Crippen LogP contribution < -0.4 is 4.90 Å². The summed E-state index contributed by atoms with van der Waals surface area (Å²) in [5.74, 6) is 0. The molecule has 1 atom stereocenters. The Balaban J connectivity index is 1.30. The van der Waals surface area contributed by atoms with Crippen LogP contribution in [0.1, 0.15) is 23.6 Å². The van der Waals surface area contributed by atoms with Crippen LogP contribution >= 0.6 is 0 Å². The summed E-state index contributed by atoms with van der Waals surface area (Å²) < 4.78 is 0. The van der Waals surface area contributed by atoms with Crippen LogP contribution in [0.2, 0.25) is 0 Å². The summed E-state index contributed by atoms with van der Waals surface area (Å²) in [5, 5.41) is 4.99. The first kappa shape index (κ1) is 31.1. The fraction of sp³-hybridized carbons (Fsp3) is 0.0385. The van der Waals surface area contributed by atoms with Crippen molar-refractivity contribution in [2.45, 2.75) is 12.3 Å². The van der Waals surface area contributed by atoms with Crippen LogP contribution in [0, 0.1) is 0 Å². The van der Waals surface area contributed by atoms with E-state index in [-0.39, 0.29) is 5.41 Å². The van der Waals surface area contributed by atoms with Gasteiger partial charge in [0.1, 0.15) is 0 Å². The third-order valence-corrected chi connectivity index (χ3v) is 11.3. The number of hydrogen-bond donors (Lipinski definition) is 0. The van der Waals surface area contributed by atoms with E-state index in [2.05, 4.69) is 218 Å². The van der Waals surface area contributed by atoms with Crippen molar-refractivity contribution in [3.8, 4) is 33.4 Å². The number of rotatable bonds is 6. The summed E-state index contributed by atoms with van der Waals surface area (Å²) in [6.07, 6.45) is 0. The Kier molecular flexibility index (Phi) is 7.33. The van der Waals surface area contributed by atoms with E-state index in [1.165, 1.54) is 77.3 Å². The van der Waals surface area contributed by atoms with E-state index < -0.39 is 0 Å². The minimum Gasteiger partial charge on any atom is -0.310 e. The Labute approximate surface area is 311 Å². The van der Waals surface area contributed by atoms with Crippen LogP contribution in [0.4, 0.5) is 17.1 Å². The smallest absolute Gasteiger partial charge is 0.0543 e. The number of para-hydroxylation sites is 1. The molecule has 53 heavy (non-hydrogen) atoms. The van der Waals surface area contributed by atoms with Gasteiger partial charge in [-0.1, -0.05) is 176 Å². The molecule has 1 aliphatic rings. The Bertz CT molecular complexity index is 2770. The maximum absolute atomic E-state index is 2.47.